The lowest BCUT2D eigenvalue weighted by atomic mass is 10.1. The highest BCUT2D eigenvalue weighted by Crippen LogP contribution is 2.39. The molecule has 1 aliphatic rings. The van der Waals surface area contributed by atoms with Gasteiger partial charge in [0.25, 0.3) is 0 Å². The van der Waals surface area contributed by atoms with Crippen molar-refractivity contribution in [1.29, 1.82) is 0 Å². The first-order valence-corrected chi connectivity index (χ1v) is 9.19. The lowest BCUT2D eigenvalue weighted by molar-refractivity contribution is -0.184. The van der Waals surface area contributed by atoms with Gasteiger partial charge in [-0.15, -0.1) is 0 Å². The van der Waals surface area contributed by atoms with Gasteiger partial charge >= 0.3 is 12.3 Å². The molecular formula is C19H19ClF3N3O3. The van der Waals surface area contributed by atoms with E-state index in [2.05, 4.69) is 10.3 Å². The molecule has 1 amide bonds. The maximum Gasteiger partial charge on any atom is 0.408 e. The van der Waals surface area contributed by atoms with E-state index in [9.17, 15) is 23.1 Å². The number of halogens is 4. The third kappa shape index (κ3) is 5.59. The minimum atomic E-state index is -4.60. The van der Waals surface area contributed by atoms with E-state index in [0.717, 1.165) is 16.7 Å². The number of carbonyl (C=O) groups is 1. The first-order chi connectivity index (χ1) is 13.7. The molecule has 2 N–H and O–H groups in total. The molecule has 0 spiro atoms. The molecular weight excluding hydrogens is 411 g/mol. The van der Waals surface area contributed by atoms with Gasteiger partial charge in [0.15, 0.2) is 0 Å². The van der Waals surface area contributed by atoms with E-state index in [-0.39, 0.29) is 30.4 Å². The highest BCUT2D eigenvalue weighted by Gasteiger charge is 2.49. The van der Waals surface area contributed by atoms with Crippen LogP contribution in [0.25, 0.3) is 0 Å². The van der Waals surface area contributed by atoms with Crippen LogP contribution in [0.5, 0.6) is 0 Å². The van der Waals surface area contributed by atoms with Gasteiger partial charge in [0, 0.05) is 19.3 Å². The average Bonchev–Trinajstić information content (AvgIpc) is 3.01. The van der Waals surface area contributed by atoms with Crippen LogP contribution in [0.4, 0.5) is 18.0 Å². The first-order valence-electron chi connectivity index (χ1n) is 8.81. The van der Waals surface area contributed by atoms with Crippen molar-refractivity contribution >= 4 is 17.7 Å². The fourth-order valence-electron chi connectivity index (χ4n) is 3.24. The van der Waals surface area contributed by atoms with Crippen LogP contribution in [0, 0.1) is 0 Å². The number of aliphatic hydroxyl groups is 1. The van der Waals surface area contributed by atoms with E-state index in [4.69, 9.17) is 16.3 Å². The Bertz CT molecular complexity index is 821. The number of likely N-dealkylation sites (tertiary alicyclic amines) is 1. The molecule has 0 bridgehead atoms. The van der Waals surface area contributed by atoms with Crippen molar-refractivity contribution in [3.8, 4) is 0 Å². The number of ether oxygens (including phenoxy) is 1. The van der Waals surface area contributed by atoms with Crippen molar-refractivity contribution in [3.05, 3.63) is 64.9 Å². The van der Waals surface area contributed by atoms with Crippen molar-refractivity contribution in [2.75, 3.05) is 13.1 Å². The van der Waals surface area contributed by atoms with Gasteiger partial charge in [0.2, 0.25) is 0 Å². The van der Waals surface area contributed by atoms with Crippen LogP contribution in [-0.2, 0) is 11.3 Å². The van der Waals surface area contributed by atoms with Crippen molar-refractivity contribution < 1.29 is 27.8 Å². The molecule has 6 nitrogen and oxygen atoms in total. The SMILES string of the molecule is O=C(N[C@@H]1CN([C@H](c2ccc(Cl)nc2)C(F)(F)F)C[C@@H]1O)OCc1ccccc1. The van der Waals surface area contributed by atoms with Gasteiger partial charge in [-0.05, 0) is 17.2 Å². The lowest BCUT2D eigenvalue weighted by Crippen LogP contribution is -2.43. The molecule has 1 aromatic heterocycles. The summed E-state index contributed by atoms with van der Waals surface area (Å²) in [5.74, 6) is 0. The number of nitrogens with zero attached hydrogens (tertiary/aromatic N) is 2. The zero-order chi connectivity index (χ0) is 21.0. The number of β-amino-alcohol motifs (C(OH)–C–C–N with tert-alkyl or cyclic N) is 1. The van der Waals surface area contributed by atoms with Crippen LogP contribution in [0.1, 0.15) is 17.2 Å². The Hall–Kier alpha value is -2.36. The van der Waals surface area contributed by atoms with Crippen LogP contribution in [0.2, 0.25) is 5.15 Å². The molecule has 3 atom stereocenters. The second kappa shape index (κ2) is 8.98. The molecule has 0 aliphatic carbocycles. The Morgan fingerprint density at radius 3 is 2.62 bits per heavy atom. The predicted octanol–water partition coefficient (Wildman–Crippen LogP) is 3.31. The van der Waals surface area contributed by atoms with Gasteiger partial charge in [-0.3, -0.25) is 4.90 Å². The van der Waals surface area contributed by atoms with Gasteiger partial charge in [-0.2, -0.15) is 13.2 Å². The van der Waals surface area contributed by atoms with Crippen molar-refractivity contribution in [3.63, 3.8) is 0 Å². The third-order valence-electron chi connectivity index (χ3n) is 4.57. The Labute approximate surface area is 170 Å². The summed E-state index contributed by atoms with van der Waals surface area (Å²) in [7, 11) is 0. The average molecular weight is 430 g/mol. The number of benzene rings is 1. The molecule has 3 rings (SSSR count). The van der Waals surface area contributed by atoms with Gasteiger partial charge in [-0.1, -0.05) is 48.0 Å². The third-order valence-corrected chi connectivity index (χ3v) is 4.80. The van der Waals surface area contributed by atoms with Crippen LogP contribution < -0.4 is 5.32 Å². The molecule has 1 aromatic carbocycles. The van der Waals surface area contributed by atoms with E-state index in [1.165, 1.54) is 12.1 Å². The van der Waals surface area contributed by atoms with Crippen molar-refractivity contribution in [2.45, 2.75) is 31.0 Å². The number of amides is 1. The molecule has 0 saturated carbocycles. The Kier molecular flexibility index (Phi) is 6.61. The lowest BCUT2D eigenvalue weighted by Gasteiger charge is -2.29. The standard InChI is InChI=1S/C19H19ClF3N3O3/c20-16-7-6-13(8-24-16)17(19(21,22)23)26-9-14(15(27)10-26)25-18(28)29-11-12-4-2-1-3-5-12/h1-8,14-15,17,27H,9-11H2,(H,25,28)/t14-,15+,17-/m1/s1. The highest BCUT2D eigenvalue weighted by atomic mass is 35.5. The summed E-state index contributed by atoms with van der Waals surface area (Å²) >= 11 is 5.66. The molecule has 29 heavy (non-hydrogen) atoms. The maximum absolute atomic E-state index is 13.7. The second-order valence-corrected chi connectivity index (χ2v) is 7.08. The van der Waals surface area contributed by atoms with E-state index < -0.39 is 30.5 Å². The fraction of sp³-hybridized carbons (Fsp3) is 0.368. The minimum Gasteiger partial charge on any atom is -0.445 e. The van der Waals surface area contributed by atoms with Crippen LogP contribution in [0.15, 0.2) is 48.7 Å². The Balaban J connectivity index is 1.63. The number of alkyl halides is 3. The Morgan fingerprint density at radius 2 is 2.00 bits per heavy atom. The zero-order valence-corrected chi connectivity index (χ0v) is 15.9. The number of aliphatic hydroxyl groups excluding tert-OH is 1. The molecule has 0 radical (unpaired) electrons. The number of hydrogen-bond donors (Lipinski definition) is 2. The van der Waals surface area contributed by atoms with Gasteiger partial charge in [-0.25, -0.2) is 9.78 Å². The van der Waals surface area contributed by atoms with Gasteiger partial charge in [0.1, 0.15) is 17.8 Å². The molecule has 1 saturated heterocycles. The topological polar surface area (TPSA) is 74.7 Å². The van der Waals surface area contributed by atoms with Gasteiger partial charge in [0.05, 0.1) is 12.1 Å². The van der Waals surface area contributed by atoms with E-state index in [0.29, 0.717) is 0 Å². The number of aromatic nitrogens is 1. The van der Waals surface area contributed by atoms with Gasteiger partial charge < -0.3 is 15.2 Å². The number of pyridine rings is 1. The molecule has 0 unspecified atom stereocenters. The Morgan fingerprint density at radius 1 is 1.28 bits per heavy atom. The fourth-order valence-corrected chi connectivity index (χ4v) is 3.35. The number of carbonyl (C=O) groups excluding carboxylic acids is 1. The molecule has 1 fully saturated rings. The summed E-state index contributed by atoms with van der Waals surface area (Å²) in [4.78, 5) is 16.8. The number of rotatable bonds is 5. The van der Waals surface area contributed by atoms with Crippen molar-refractivity contribution in [1.82, 2.24) is 15.2 Å². The monoisotopic (exact) mass is 429 g/mol. The quantitative estimate of drug-likeness (QED) is 0.713. The summed E-state index contributed by atoms with van der Waals surface area (Å²) in [5, 5.41) is 12.7. The summed E-state index contributed by atoms with van der Waals surface area (Å²) < 4.78 is 46.1. The predicted molar refractivity (Wildman–Crippen MR) is 99.2 cm³/mol. The van der Waals surface area contributed by atoms with E-state index >= 15 is 0 Å². The van der Waals surface area contributed by atoms with Crippen LogP contribution in [-0.4, -0.2) is 52.5 Å². The summed E-state index contributed by atoms with van der Waals surface area (Å²) in [6.07, 6.45) is -5.53. The molecule has 10 heteroatoms. The molecule has 2 heterocycles. The summed E-state index contributed by atoms with van der Waals surface area (Å²) in [6.45, 7) is -0.453. The number of alkyl carbamates (subject to hydrolysis) is 1. The minimum absolute atomic E-state index is 0.0147. The van der Waals surface area contributed by atoms with Crippen molar-refractivity contribution in [2.24, 2.45) is 0 Å². The summed E-state index contributed by atoms with van der Waals surface area (Å²) in [5.41, 5.74) is 0.671. The normalized spacial score (nSPS) is 21.0. The van der Waals surface area contributed by atoms with Crippen LogP contribution in [0.3, 0.4) is 0 Å². The molecule has 156 valence electrons. The van der Waals surface area contributed by atoms with E-state index in [1.54, 1.807) is 24.3 Å². The molecule has 2 aromatic rings. The van der Waals surface area contributed by atoms with E-state index in [1.807, 2.05) is 6.07 Å². The zero-order valence-electron chi connectivity index (χ0n) is 15.1. The number of hydrogen-bond acceptors (Lipinski definition) is 5. The highest BCUT2D eigenvalue weighted by molar-refractivity contribution is 6.29. The molecule has 1 aliphatic heterocycles. The largest absolute Gasteiger partial charge is 0.445 e. The second-order valence-electron chi connectivity index (χ2n) is 6.69. The van der Waals surface area contributed by atoms with Crippen LogP contribution >= 0.6 is 11.6 Å². The first kappa shape index (κ1) is 21.4. The number of nitrogens with one attached hydrogen (secondary N) is 1. The summed E-state index contributed by atoms with van der Waals surface area (Å²) in [6, 6.07) is 8.59. The maximum atomic E-state index is 13.7. The smallest absolute Gasteiger partial charge is 0.408 e.